The fourth-order valence-electron chi connectivity index (χ4n) is 1.59. The zero-order chi connectivity index (χ0) is 16.8. The predicted molar refractivity (Wildman–Crippen MR) is 74.2 cm³/mol. The first-order valence-corrected chi connectivity index (χ1v) is 6.13. The maximum Gasteiger partial charge on any atom is 0.405 e. The van der Waals surface area contributed by atoms with Gasteiger partial charge in [-0.3, -0.25) is 4.79 Å². The minimum atomic E-state index is -4.45. The number of hydrogen-bond acceptors (Lipinski definition) is 4. The van der Waals surface area contributed by atoms with E-state index in [0.717, 1.165) is 6.08 Å². The van der Waals surface area contributed by atoms with Crippen LogP contribution in [0, 0.1) is 0 Å². The van der Waals surface area contributed by atoms with Crippen molar-refractivity contribution in [3.63, 3.8) is 0 Å². The molecule has 1 rings (SSSR count). The van der Waals surface area contributed by atoms with Crippen LogP contribution >= 0.6 is 0 Å². The highest BCUT2D eigenvalue weighted by Gasteiger charge is 2.27. The van der Waals surface area contributed by atoms with E-state index in [1.54, 1.807) is 17.4 Å². The van der Waals surface area contributed by atoms with E-state index in [0.29, 0.717) is 22.8 Å². The molecule has 8 heteroatoms. The smallest absolute Gasteiger partial charge is 0.405 e. The van der Waals surface area contributed by atoms with Crippen LogP contribution < -0.4 is 19.5 Å². The van der Waals surface area contributed by atoms with Gasteiger partial charge in [-0.1, -0.05) is 0 Å². The van der Waals surface area contributed by atoms with Gasteiger partial charge in [0.1, 0.15) is 12.3 Å². The molecule has 122 valence electrons. The van der Waals surface area contributed by atoms with Crippen LogP contribution in [-0.2, 0) is 4.79 Å². The second-order valence-electron chi connectivity index (χ2n) is 4.12. The van der Waals surface area contributed by atoms with Gasteiger partial charge in [-0.2, -0.15) is 13.2 Å². The van der Waals surface area contributed by atoms with Gasteiger partial charge in [0.2, 0.25) is 5.91 Å². The Morgan fingerprint density at radius 3 is 2.14 bits per heavy atom. The molecule has 0 saturated carbocycles. The van der Waals surface area contributed by atoms with E-state index in [1.807, 2.05) is 0 Å². The van der Waals surface area contributed by atoms with Gasteiger partial charge in [0, 0.05) is 17.7 Å². The monoisotopic (exact) mass is 319 g/mol. The van der Waals surface area contributed by atoms with Crippen LogP contribution in [-0.4, -0.2) is 40.0 Å². The highest BCUT2D eigenvalue weighted by atomic mass is 19.4. The van der Waals surface area contributed by atoms with Crippen LogP contribution in [0.15, 0.2) is 18.2 Å². The van der Waals surface area contributed by atoms with Crippen molar-refractivity contribution < 1.29 is 32.2 Å². The molecule has 0 atom stereocenters. The van der Waals surface area contributed by atoms with Crippen LogP contribution in [0.2, 0.25) is 0 Å². The zero-order valence-electron chi connectivity index (χ0n) is 12.3. The first kappa shape index (κ1) is 17.7. The minimum absolute atomic E-state index is 0.387. The second kappa shape index (κ2) is 7.58. The predicted octanol–water partition coefficient (Wildman–Crippen LogP) is 2.40. The molecule has 0 unspecified atom stereocenters. The van der Waals surface area contributed by atoms with E-state index in [2.05, 4.69) is 0 Å². The Morgan fingerprint density at radius 1 is 1.09 bits per heavy atom. The van der Waals surface area contributed by atoms with Gasteiger partial charge >= 0.3 is 6.18 Å². The average Bonchev–Trinajstić information content (AvgIpc) is 2.49. The van der Waals surface area contributed by atoms with Crippen LogP contribution in [0.4, 0.5) is 13.2 Å². The molecule has 1 amide bonds. The average molecular weight is 319 g/mol. The summed E-state index contributed by atoms with van der Waals surface area (Å²) < 4.78 is 51.3. The fraction of sp³-hybridized carbons (Fsp3) is 0.357. The van der Waals surface area contributed by atoms with Crippen molar-refractivity contribution in [1.82, 2.24) is 5.32 Å². The van der Waals surface area contributed by atoms with E-state index in [1.165, 1.54) is 27.4 Å². The molecule has 1 N–H and O–H groups in total. The number of benzene rings is 1. The molecule has 22 heavy (non-hydrogen) atoms. The van der Waals surface area contributed by atoms with Crippen molar-refractivity contribution in [2.24, 2.45) is 0 Å². The van der Waals surface area contributed by atoms with Crippen LogP contribution in [0.3, 0.4) is 0 Å². The second-order valence-corrected chi connectivity index (χ2v) is 4.12. The molecule has 0 spiro atoms. The van der Waals surface area contributed by atoms with Crippen molar-refractivity contribution in [2.45, 2.75) is 6.18 Å². The Bertz CT molecular complexity index is 556. The third-order valence-corrected chi connectivity index (χ3v) is 2.61. The van der Waals surface area contributed by atoms with Gasteiger partial charge in [0.25, 0.3) is 0 Å². The van der Waals surface area contributed by atoms with Gasteiger partial charge in [-0.25, -0.2) is 0 Å². The number of methoxy groups -OCH3 is 3. The third-order valence-electron chi connectivity index (χ3n) is 2.61. The Kier molecular flexibility index (Phi) is 6.09. The van der Waals surface area contributed by atoms with Crippen molar-refractivity contribution in [1.29, 1.82) is 0 Å². The van der Waals surface area contributed by atoms with Crippen LogP contribution in [0.1, 0.15) is 5.56 Å². The number of halogens is 3. The van der Waals surface area contributed by atoms with E-state index < -0.39 is 18.6 Å². The zero-order valence-corrected chi connectivity index (χ0v) is 12.3. The van der Waals surface area contributed by atoms with Gasteiger partial charge < -0.3 is 19.5 Å². The summed E-state index contributed by atoms with van der Waals surface area (Å²) in [5.41, 5.74) is 0.460. The lowest BCUT2D eigenvalue weighted by Crippen LogP contribution is -2.32. The SMILES string of the molecule is COc1cc(OC)c(OC)cc1/C=C/C(=O)NCC(F)(F)F. The highest BCUT2D eigenvalue weighted by Crippen LogP contribution is 2.35. The lowest BCUT2D eigenvalue weighted by molar-refractivity contribution is -0.135. The Balaban J connectivity index is 2.92. The van der Waals surface area contributed by atoms with Crippen molar-refractivity contribution >= 4 is 12.0 Å². The molecule has 0 radical (unpaired) electrons. The number of carbonyl (C=O) groups excluding carboxylic acids is 1. The number of nitrogens with one attached hydrogen (secondary N) is 1. The molecule has 0 aliphatic carbocycles. The van der Waals surface area contributed by atoms with Gasteiger partial charge in [-0.05, 0) is 12.1 Å². The molecule has 0 heterocycles. The Morgan fingerprint density at radius 2 is 1.64 bits per heavy atom. The summed E-state index contributed by atoms with van der Waals surface area (Å²) in [5.74, 6) is 0.350. The first-order chi connectivity index (χ1) is 10.3. The van der Waals surface area contributed by atoms with Crippen molar-refractivity contribution in [2.75, 3.05) is 27.9 Å². The van der Waals surface area contributed by atoms with E-state index >= 15 is 0 Å². The molecule has 0 aromatic heterocycles. The lowest BCUT2D eigenvalue weighted by atomic mass is 10.1. The summed E-state index contributed by atoms with van der Waals surface area (Å²) in [6.45, 7) is -1.39. The van der Waals surface area contributed by atoms with Gasteiger partial charge in [0.15, 0.2) is 11.5 Å². The van der Waals surface area contributed by atoms with Crippen molar-refractivity contribution in [3.8, 4) is 17.2 Å². The fourth-order valence-corrected chi connectivity index (χ4v) is 1.59. The largest absolute Gasteiger partial charge is 0.496 e. The quantitative estimate of drug-likeness (QED) is 0.818. The summed E-state index contributed by atoms with van der Waals surface area (Å²) >= 11 is 0. The number of alkyl halides is 3. The molecule has 0 bridgehead atoms. The lowest BCUT2D eigenvalue weighted by Gasteiger charge is -2.12. The molecular formula is C14H16F3NO4. The van der Waals surface area contributed by atoms with E-state index in [9.17, 15) is 18.0 Å². The summed E-state index contributed by atoms with van der Waals surface area (Å²) in [4.78, 5) is 11.3. The van der Waals surface area contributed by atoms with E-state index in [-0.39, 0.29) is 0 Å². The van der Waals surface area contributed by atoms with Crippen molar-refractivity contribution in [3.05, 3.63) is 23.8 Å². The Labute approximate surface area is 125 Å². The molecule has 5 nitrogen and oxygen atoms in total. The first-order valence-electron chi connectivity index (χ1n) is 6.13. The molecule has 0 fully saturated rings. The number of amides is 1. The summed E-state index contributed by atoms with van der Waals surface area (Å²) in [5, 5.41) is 1.73. The number of hydrogen-bond donors (Lipinski definition) is 1. The molecule has 0 aliphatic heterocycles. The third kappa shape index (κ3) is 5.19. The van der Waals surface area contributed by atoms with Crippen LogP contribution in [0.5, 0.6) is 17.2 Å². The summed E-state index contributed by atoms with van der Waals surface area (Å²) in [6.07, 6.45) is -2.15. The maximum atomic E-state index is 12.0. The minimum Gasteiger partial charge on any atom is -0.496 e. The summed E-state index contributed by atoms with van der Waals surface area (Å²) in [7, 11) is 4.31. The highest BCUT2D eigenvalue weighted by molar-refractivity contribution is 5.92. The van der Waals surface area contributed by atoms with Gasteiger partial charge in [-0.15, -0.1) is 0 Å². The summed E-state index contributed by atoms with van der Waals surface area (Å²) in [6, 6.07) is 3.09. The number of rotatable bonds is 6. The van der Waals surface area contributed by atoms with Gasteiger partial charge in [0.05, 0.1) is 21.3 Å². The normalized spacial score (nSPS) is 11.4. The standard InChI is InChI=1S/C14H16F3NO4/c1-20-10-7-12(22-3)11(21-2)6-9(10)4-5-13(19)18-8-14(15,16)17/h4-7H,8H2,1-3H3,(H,18,19)/b5-4+. The molecular weight excluding hydrogens is 303 g/mol. The number of carbonyl (C=O) groups is 1. The van der Waals surface area contributed by atoms with Crippen LogP contribution in [0.25, 0.3) is 6.08 Å². The number of ether oxygens (including phenoxy) is 3. The molecule has 0 aliphatic rings. The maximum absolute atomic E-state index is 12.0. The Hall–Kier alpha value is -2.38. The molecule has 1 aromatic carbocycles. The molecule has 0 saturated heterocycles. The van der Waals surface area contributed by atoms with E-state index in [4.69, 9.17) is 14.2 Å². The topological polar surface area (TPSA) is 56.8 Å². The molecule has 1 aromatic rings.